The molecular weight excluding hydrogens is 392 g/mol. The molecule has 144 valence electrons. The van der Waals surface area contributed by atoms with E-state index in [1.54, 1.807) is 11.3 Å². The van der Waals surface area contributed by atoms with Crippen LogP contribution in [0, 0.1) is 0 Å². The van der Waals surface area contributed by atoms with Crippen molar-refractivity contribution in [1.29, 1.82) is 0 Å². The molecule has 1 fully saturated rings. The first-order valence-corrected chi connectivity index (χ1v) is 10.5. The normalized spacial score (nSPS) is 14.2. The maximum absolute atomic E-state index is 12.5. The third-order valence-electron chi connectivity index (χ3n) is 4.77. The molecule has 0 unspecified atom stereocenters. The number of piperazine rings is 1. The van der Waals surface area contributed by atoms with Crippen molar-refractivity contribution >= 4 is 34.7 Å². The first-order chi connectivity index (χ1) is 13.7. The number of para-hydroxylation sites is 1. The van der Waals surface area contributed by atoms with Crippen molar-refractivity contribution in [2.24, 2.45) is 0 Å². The van der Waals surface area contributed by atoms with E-state index in [-0.39, 0.29) is 6.03 Å². The molecule has 0 radical (unpaired) electrons. The standard InChI is InChI=1S/C21H21ClN4OS/c22-17-8-4-5-9-19(17)25-10-12-26(13-11-25)21(27)23-14-20-24-18(15-28-20)16-6-2-1-3-7-16/h1-9,15H,10-14H2,(H,23,27). The molecule has 0 atom stereocenters. The lowest BCUT2D eigenvalue weighted by Crippen LogP contribution is -2.51. The van der Waals surface area contributed by atoms with E-state index in [2.05, 4.69) is 15.2 Å². The van der Waals surface area contributed by atoms with Crippen LogP contribution >= 0.6 is 22.9 Å². The Balaban J connectivity index is 1.28. The first-order valence-electron chi connectivity index (χ1n) is 9.23. The van der Waals surface area contributed by atoms with E-state index in [1.807, 2.05) is 64.9 Å². The number of benzene rings is 2. The summed E-state index contributed by atoms with van der Waals surface area (Å²) in [5, 5.41) is 6.67. The topological polar surface area (TPSA) is 48.5 Å². The number of nitrogens with one attached hydrogen (secondary N) is 1. The average molecular weight is 413 g/mol. The summed E-state index contributed by atoms with van der Waals surface area (Å²) in [5.41, 5.74) is 3.07. The van der Waals surface area contributed by atoms with Crippen molar-refractivity contribution in [2.45, 2.75) is 6.54 Å². The lowest BCUT2D eigenvalue weighted by Gasteiger charge is -2.36. The third-order valence-corrected chi connectivity index (χ3v) is 5.94. The molecular formula is C21H21ClN4OS. The molecule has 4 rings (SSSR count). The summed E-state index contributed by atoms with van der Waals surface area (Å²) in [5.74, 6) is 0. The van der Waals surface area contributed by atoms with Crippen LogP contribution in [-0.4, -0.2) is 42.1 Å². The van der Waals surface area contributed by atoms with E-state index in [4.69, 9.17) is 11.6 Å². The highest BCUT2D eigenvalue weighted by atomic mass is 35.5. The van der Waals surface area contributed by atoms with Gasteiger partial charge in [-0.3, -0.25) is 0 Å². The summed E-state index contributed by atoms with van der Waals surface area (Å²) in [4.78, 5) is 21.2. The number of carbonyl (C=O) groups excluding carboxylic acids is 1. The van der Waals surface area contributed by atoms with E-state index in [9.17, 15) is 4.79 Å². The van der Waals surface area contributed by atoms with Gasteiger partial charge in [0.2, 0.25) is 0 Å². The van der Waals surface area contributed by atoms with Gasteiger partial charge in [-0.05, 0) is 12.1 Å². The highest BCUT2D eigenvalue weighted by Crippen LogP contribution is 2.26. The molecule has 0 bridgehead atoms. The Morgan fingerprint density at radius 1 is 1.04 bits per heavy atom. The van der Waals surface area contributed by atoms with Crippen molar-refractivity contribution in [1.82, 2.24) is 15.2 Å². The van der Waals surface area contributed by atoms with Crippen LogP contribution < -0.4 is 10.2 Å². The first kappa shape index (κ1) is 18.8. The maximum Gasteiger partial charge on any atom is 0.317 e. The minimum absolute atomic E-state index is 0.0460. The molecule has 1 aromatic heterocycles. The van der Waals surface area contributed by atoms with Crippen molar-refractivity contribution in [3.05, 3.63) is 70.0 Å². The summed E-state index contributed by atoms with van der Waals surface area (Å²) in [6.45, 7) is 3.33. The Kier molecular flexibility index (Phi) is 5.78. The lowest BCUT2D eigenvalue weighted by atomic mass is 10.2. The van der Waals surface area contributed by atoms with Crippen LogP contribution in [0.5, 0.6) is 0 Å². The van der Waals surface area contributed by atoms with Gasteiger partial charge in [0, 0.05) is 37.1 Å². The van der Waals surface area contributed by atoms with Gasteiger partial charge in [0.1, 0.15) is 5.01 Å². The minimum Gasteiger partial charge on any atom is -0.367 e. The van der Waals surface area contributed by atoms with Crippen LogP contribution in [0.2, 0.25) is 5.02 Å². The van der Waals surface area contributed by atoms with Gasteiger partial charge in [-0.2, -0.15) is 0 Å². The number of urea groups is 1. The zero-order valence-corrected chi connectivity index (χ0v) is 16.9. The Hall–Kier alpha value is -2.57. The predicted molar refractivity (Wildman–Crippen MR) is 115 cm³/mol. The molecule has 2 heterocycles. The molecule has 7 heteroatoms. The molecule has 0 saturated carbocycles. The number of anilines is 1. The smallest absolute Gasteiger partial charge is 0.317 e. The zero-order chi connectivity index (χ0) is 19.3. The average Bonchev–Trinajstić information content (AvgIpc) is 3.22. The summed E-state index contributed by atoms with van der Waals surface area (Å²) in [6.07, 6.45) is 0. The third kappa shape index (κ3) is 4.29. The number of hydrogen-bond donors (Lipinski definition) is 1. The van der Waals surface area contributed by atoms with Gasteiger partial charge >= 0.3 is 6.03 Å². The number of nitrogens with zero attached hydrogens (tertiary/aromatic N) is 3. The van der Waals surface area contributed by atoms with Gasteiger partial charge in [-0.15, -0.1) is 11.3 Å². The van der Waals surface area contributed by atoms with Gasteiger partial charge in [-0.25, -0.2) is 9.78 Å². The number of carbonyl (C=O) groups is 1. The second kappa shape index (κ2) is 8.63. The summed E-state index contributed by atoms with van der Waals surface area (Å²) in [6, 6.07) is 17.8. The number of amides is 2. The molecule has 1 N–H and O–H groups in total. The second-order valence-corrected chi connectivity index (χ2v) is 7.93. The Morgan fingerprint density at radius 3 is 2.50 bits per heavy atom. The molecule has 1 saturated heterocycles. The van der Waals surface area contributed by atoms with Crippen molar-refractivity contribution in [2.75, 3.05) is 31.1 Å². The van der Waals surface area contributed by atoms with Gasteiger partial charge in [0.25, 0.3) is 0 Å². The molecule has 1 aliphatic rings. The molecule has 2 aromatic carbocycles. The summed E-state index contributed by atoms with van der Waals surface area (Å²) in [7, 11) is 0. The van der Waals surface area contributed by atoms with E-state index >= 15 is 0 Å². The Bertz CT molecular complexity index is 938. The minimum atomic E-state index is -0.0460. The molecule has 5 nitrogen and oxygen atoms in total. The number of halogens is 1. The fourth-order valence-electron chi connectivity index (χ4n) is 3.26. The van der Waals surface area contributed by atoms with Gasteiger partial charge in [0.15, 0.2) is 0 Å². The maximum atomic E-state index is 12.5. The highest BCUT2D eigenvalue weighted by Gasteiger charge is 2.22. The Morgan fingerprint density at radius 2 is 1.75 bits per heavy atom. The lowest BCUT2D eigenvalue weighted by molar-refractivity contribution is 0.194. The number of thiazole rings is 1. The van der Waals surface area contributed by atoms with Crippen LogP contribution in [-0.2, 0) is 6.54 Å². The number of rotatable bonds is 4. The molecule has 28 heavy (non-hydrogen) atoms. The second-order valence-electron chi connectivity index (χ2n) is 6.58. The van der Waals surface area contributed by atoms with Crippen LogP contribution in [0.1, 0.15) is 5.01 Å². The Labute approximate surface area is 173 Å². The van der Waals surface area contributed by atoms with E-state index < -0.39 is 0 Å². The van der Waals surface area contributed by atoms with Crippen LogP contribution in [0.25, 0.3) is 11.3 Å². The molecule has 0 spiro atoms. The summed E-state index contributed by atoms with van der Waals surface area (Å²) >= 11 is 7.85. The van der Waals surface area contributed by atoms with Gasteiger partial charge in [-0.1, -0.05) is 54.1 Å². The highest BCUT2D eigenvalue weighted by molar-refractivity contribution is 7.09. The van der Waals surface area contributed by atoms with Crippen LogP contribution in [0.15, 0.2) is 60.0 Å². The van der Waals surface area contributed by atoms with E-state index in [1.165, 1.54) is 0 Å². The van der Waals surface area contributed by atoms with Crippen LogP contribution in [0.4, 0.5) is 10.5 Å². The van der Waals surface area contributed by atoms with Crippen molar-refractivity contribution in [3.8, 4) is 11.3 Å². The number of aromatic nitrogens is 1. The predicted octanol–water partition coefficient (Wildman–Crippen LogP) is 4.50. The summed E-state index contributed by atoms with van der Waals surface area (Å²) < 4.78 is 0. The quantitative estimate of drug-likeness (QED) is 0.686. The largest absolute Gasteiger partial charge is 0.367 e. The van der Waals surface area contributed by atoms with Crippen molar-refractivity contribution in [3.63, 3.8) is 0 Å². The van der Waals surface area contributed by atoms with Gasteiger partial charge < -0.3 is 15.1 Å². The van der Waals surface area contributed by atoms with Crippen LogP contribution in [0.3, 0.4) is 0 Å². The SMILES string of the molecule is O=C(NCc1nc(-c2ccccc2)cs1)N1CCN(c2ccccc2Cl)CC1. The molecule has 2 amide bonds. The zero-order valence-electron chi connectivity index (χ0n) is 15.3. The fourth-order valence-corrected chi connectivity index (χ4v) is 4.25. The monoisotopic (exact) mass is 412 g/mol. The van der Waals surface area contributed by atoms with Crippen molar-refractivity contribution < 1.29 is 4.79 Å². The molecule has 3 aromatic rings. The number of hydrogen-bond acceptors (Lipinski definition) is 4. The fraction of sp³-hybridized carbons (Fsp3) is 0.238. The molecule has 0 aliphatic carbocycles. The molecule has 1 aliphatic heterocycles. The van der Waals surface area contributed by atoms with E-state index in [0.717, 1.165) is 40.1 Å². The van der Waals surface area contributed by atoms with Gasteiger partial charge in [0.05, 0.1) is 22.9 Å². The van der Waals surface area contributed by atoms with E-state index in [0.29, 0.717) is 19.6 Å².